The van der Waals surface area contributed by atoms with Gasteiger partial charge in [0.05, 0.1) is 67.8 Å². The molecule has 0 atom stereocenters. The summed E-state index contributed by atoms with van der Waals surface area (Å²) in [5.41, 5.74) is 10.8. The molecule has 354 valence electrons. The monoisotopic (exact) mass is 1570 g/mol. The van der Waals surface area contributed by atoms with Crippen LogP contribution in [-0.4, -0.2) is 35.1 Å². The van der Waals surface area contributed by atoms with Gasteiger partial charge in [-0.25, -0.2) is 0 Å². The van der Waals surface area contributed by atoms with Crippen LogP contribution in [0.2, 0.25) is 0 Å². The van der Waals surface area contributed by atoms with Crippen LogP contribution in [0.15, 0.2) is 200 Å². The maximum atomic E-state index is 5.05. The zero-order valence-electron chi connectivity index (χ0n) is 33.2. The summed E-state index contributed by atoms with van der Waals surface area (Å²) >= 11 is -13.0. The topological polar surface area (TPSA) is 0 Å². The van der Waals surface area contributed by atoms with Crippen molar-refractivity contribution in [1.82, 2.24) is 0 Å². The molecule has 0 saturated carbocycles. The van der Waals surface area contributed by atoms with Crippen LogP contribution >= 0.6 is 132 Å². The maximum absolute atomic E-state index is 5.05. The molecule has 0 radical (unpaired) electrons. The van der Waals surface area contributed by atoms with Gasteiger partial charge >= 0.3 is 168 Å². The molecule has 66 heavy (non-hydrogen) atoms. The van der Waals surface area contributed by atoms with Crippen molar-refractivity contribution in [2.45, 2.75) is 0 Å². The summed E-state index contributed by atoms with van der Waals surface area (Å²) in [6.07, 6.45) is 0. The molecule has 0 bridgehead atoms. The van der Waals surface area contributed by atoms with Gasteiger partial charge in [-0.3, -0.25) is 0 Å². The van der Waals surface area contributed by atoms with Gasteiger partial charge in [0.15, 0.2) is 0 Å². The van der Waals surface area contributed by atoms with Gasteiger partial charge in [-0.05, 0) is 121 Å². The molecule has 0 nitrogen and oxygen atoms in total. The molecule has 21 heteroatoms. The minimum absolute atomic E-state index is 0. The minimum Gasteiger partial charge on any atom is -0.0511 e. The Bertz CT molecular complexity index is 2140. The SMILES string of the molecule is [Cl-].[Cl-].[Cl-].[Cl][Sb]([Cl])([Cl])([Cl])[Cl].[Cl][Sb]([Cl])([Cl])([Cl])[Cl].[Cl][Sb]([Cl])([Cl])([Cl])[Cl].c1ccc([C+](c2ccccc2)c2ccc([C+](c3ccccc3)c3ccc([C+](c4ccccc4)c4ccccc4)cc3)cc2)cc1. The van der Waals surface area contributed by atoms with Crippen molar-refractivity contribution in [3.63, 3.8) is 0 Å². The number of rotatable bonds is 9. The zero-order valence-corrected chi connectivity index (χ0v) is 54.5. The van der Waals surface area contributed by atoms with E-state index >= 15 is 0 Å². The molecule has 0 aliphatic carbocycles. The summed E-state index contributed by atoms with van der Waals surface area (Å²) in [5, 5.41) is 0. The van der Waals surface area contributed by atoms with Crippen molar-refractivity contribution in [3.8, 4) is 0 Å². The quantitative estimate of drug-likeness (QED) is 0.0768. The molecule has 7 aromatic rings. The smallest absolute Gasteiger partial charge is 0.0511 e. The predicted octanol–water partition coefficient (Wildman–Crippen LogP) is 11.0. The summed E-state index contributed by atoms with van der Waals surface area (Å²) in [6, 6.07) is 71.5. The molecular formula is C45H33Cl18Sb3. The van der Waals surface area contributed by atoms with Crippen LogP contribution in [0, 0.1) is 17.8 Å². The normalized spacial score (nSPS) is 12.5. The van der Waals surface area contributed by atoms with Crippen LogP contribution in [0.3, 0.4) is 0 Å². The fourth-order valence-corrected chi connectivity index (χ4v) is 6.13. The average molecular weight is 1580 g/mol. The summed E-state index contributed by atoms with van der Waals surface area (Å²) in [4.78, 5) is 0. The molecule has 0 N–H and O–H groups in total. The molecule has 0 amide bonds. The Hall–Kier alpha value is 1.82. The van der Waals surface area contributed by atoms with Gasteiger partial charge in [0.1, 0.15) is 0 Å². The zero-order chi connectivity index (χ0) is 46.6. The molecule has 7 aromatic carbocycles. The first-order valence-corrected chi connectivity index (χ1v) is 66.5. The second-order valence-electron chi connectivity index (χ2n) is 13.0. The van der Waals surface area contributed by atoms with Crippen molar-refractivity contribution in [2.75, 3.05) is 0 Å². The Morgan fingerprint density at radius 1 is 0.182 bits per heavy atom. The van der Waals surface area contributed by atoms with E-state index in [1.165, 1.54) is 67.8 Å². The first kappa shape index (κ1) is 65.8. The molecule has 7 rings (SSSR count). The molecule has 0 heterocycles. The van der Waals surface area contributed by atoms with E-state index in [9.17, 15) is 0 Å². The van der Waals surface area contributed by atoms with E-state index in [1.54, 1.807) is 0 Å². The molecular weight excluding hydrogens is 1540 g/mol. The third kappa shape index (κ3) is 28.9. The van der Waals surface area contributed by atoms with E-state index in [2.05, 4.69) is 200 Å². The van der Waals surface area contributed by atoms with Crippen LogP contribution in [0.1, 0.15) is 50.1 Å². The van der Waals surface area contributed by atoms with Crippen molar-refractivity contribution in [2.24, 2.45) is 0 Å². The Morgan fingerprint density at radius 3 is 0.379 bits per heavy atom. The van der Waals surface area contributed by atoms with Gasteiger partial charge in [-0.15, -0.1) is 0 Å². The molecule has 0 aromatic heterocycles. The van der Waals surface area contributed by atoms with E-state index in [4.69, 9.17) is 132 Å². The van der Waals surface area contributed by atoms with Gasteiger partial charge in [0.2, 0.25) is 0 Å². The van der Waals surface area contributed by atoms with E-state index < -0.39 is 35.1 Å². The number of hydrogen-bond acceptors (Lipinski definition) is 0. The maximum Gasteiger partial charge on any atom is 0.0652 e. The first-order valence-electron chi connectivity index (χ1n) is 18.0. The van der Waals surface area contributed by atoms with Gasteiger partial charge in [0, 0.05) is 48.5 Å². The predicted molar refractivity (Wildman–Crippen MR) is 292 cm³/mol. The standard InChI is InChI=1S/C45H33.18ClH.3Sb/c1-6-16-34(17-7-1)43(35-18-8-2-9-19-35)39-26-30-41(31-27-39)45(38-24-14-5-15-25-38)42-32-28-40(29-33-42)44(36-20-10-3-11-21-36)37-22-12-4-13-23-37;;;;;;;;;;;;;;;;;;;;;/h1-33H;18*1H;;;/q+3;;;;;;;;;;;;;;;;;;;3*+5/p-18. The van der Waals surface area contributed by atoms with E-state index in [-0.39, 0.29) is 37.2 Å². The summed E-state index contributed by atoms with van der Waals surface area (Å²) in [7, 11) is 75.7. The third-order valence-corrected chi connectivity index (χ3v) is 8.24. The van der Waals surface area contributed by atoms with Crippen LogP contribution in [-0.2, 0) is 0 Å². The number of benzene rings is 7. The Labute approximate surface area is 464 Å². The second-order valence-corrected chi connectivity index (χ2v) is 127. The summed E-state index contributed by atoms with van der Waals surface area (Å²) < 4.78 is 0. The fourth-order valence-electron chi connectivity index (χ4n) is 6.13. The van der Waals surface area contributed by atoms with Gasteiger partial charge in [0.25, 0.3) is 0 Å². The molecule has 0 aliphatic heterocycles. The third-order valence-electron chi connectivity index (χ3n) is 8.24. The molecule has 0 unspecified atom stereocenters. The van der Waals surface area contributed by atoms with Gasteiger partial charge in [-0.2, -0.15) is 0 Å². The molecule has 0 fully saturated rings. The van der Waals surface area contributed by atoms with Crippen molar-refractivity contribution < 1.29 is 37.2 Å². The van der Waals surface area contributed by atoms with Crippen LogP contribution < -0.4 is 37.2 Å². The molecule has 0 saturated heterocycles. The Kier molecular flexibility index (Phi) is 28.4. The molecule has 0 spiro atoms. The fraction of sp³-hybridized carbons (Fsp3) is 0. The summed E-state index contributed by atoms with van der Waals surface area (Å²) in [5.74, 6) is 3.69. The number of hydrogen-bond donors (Lipinski definition) is 0. The molecule has 0 aliphatic rings. The average Bonchev–Trinajstić information content (AvgIpc) is 3.19. The van der Waals surface area contributed by atoms with Crippen molar-refractivity contribution in [3.05, 3.63) is 268 Å². The van der Waals surface area contributed by atoms with E-state index in [0.717, 1.165) is 0 Å². The van der Waals surface area contributed by atoms with Crippen LogP contribution in [0.25, 0.3) is 0 Å². The largest absolute Gasteiger partial charge is 0.0652 e. The minimum atomic E-state index is -4.33. The van der Waals surface area contributed by atoms with Crippen LogP contribution in [0.4, 0.5) is 0 Å². The number of halogens is 18. The first-order chi connectivity index (χ1) is 29.1. The van der Waals surface area contributed by atoms with Crippen molar-refractivity contribution in [1.29, 1.82) is 0 Å². The van der Waals surface area contributed by atoms with Gasteiger partial charge < -0.3 is 37.2 Å². The van der Waals surface area contributed by atoms with Crippen molar-refractivity contribution >= 4 is 168 Å². The van der Waals surface area contributed by atoms with Gasteiger partial charge in [-0.1, -0.05) is 30.3 Å². The van der Waals surface area contributed by atoms with Crippen LogP contribution in [0.5, 0.6) is 0 Å². The Balaban J connectivity index is 0.000000884. The van der Waals surface area contributed by atoms with E-state index in [0.29, 0.717) is 0 Å². The Morgan fingerprint density at radius 2 is 0.273 bits per heavy atom. The second kappa shape index (κ2) is 28.5. The van der Waals surface area contributed by atoms with E-state index in [1.807, 2.05) is 0 Å². The summed E-state index contributed by atoms with van der Waals surface area (Å²) in [6.45, 7) is 0.